The maximum absolute atomic E-state index is 12.1. The number of nitrogens with one attached hydrogen (secondary N) is 1. The highest BCUT2D eigenvalue weighted by Gasteiger charge is 2.30. The van der Waals surface area contributed by atoms with Gasteiger partial charge in [0.05, 0.1) is 12.1 Å². The number of carbonyl (C=O) groups excluding carboxylic acids is 1. The van der Waals surface area contributed by atoms with E-state index in [2.05, 4.69) is 4.90 Å². The summed E-state index contributed by atoms with van der Waals surface area (Å²) in [6, 6.07) is -0.590. The largest absolute Gasteiger partial charge is 0.405 e. The molecule has 0 aromatic carbocycles. The number of halogens is 3. The van der Waals surface area contributed by atoms with Crippen molar-refractivity contribution in [1.29, 1.82) is 0 Å². The van der Waals surface area contributed by atoms with E-state index in [-0.39, 0.29) is 6.10 Å². The molecule has 5 nitrogen and oxygen atoms in total. The first-order valence-corrected chi connectivity index (χ1v) is 8.03. The van der Waals surface area contributed by atoms with Gasteiger partial charge in [-0.05, 0) is 52.7 Å². The monoisotopic (exact) mass is 339 g/mol. The third-order valence-corrected chi connectivity index (χ3v) is 4.28. The minimum absolute atomic E-state index is 0.341. The predicted octanol–water partition coefficient (Wildman–Crippen LogP) is 1.08. The van der Waals surface area contributed by atoms with Gasteiger partial charge < -0.3 is 15.3 Å². The van der Waals surface area contributed by atoms with Crippen molar-refractivity contribution in [2.75, 3.05) is 39.8 Å². The Morgan fingerprint density at radius 3 is 2.39 bits per heavy atom. The molecule has 0 aliphatic carbocycles. The van der Waals surface area contributed by atoms with Crippen LogP contribution in [0.2, 0.25) is 0 Å². The summed E-state index contributed by atoms with van der Waals surface area (Å²) in [7, 11) is 1.76. The molecule has 1 fully saturated rings. The fourth-order valence-electron chi connectivity index (χ4n) is 2.83. The lowest BCUT2D eigenvalue weighted by atomic mass is 9.95. The van der Waals surface area contributed by atoms with E-state index in [1.165, 1.54) is 0 Å². The van der Waals surface area contributed by atoms with E-state index < -0.39 is 24.7 Å². The number of hydrogen-bond donors (Lipinski definition) is 2. The number of likely N-dealkylation sites (N-methyl/N-ethyl adjacent to an activating group) is 1. The van der Waals surface area contributed by atoms with Gasteiger partial charge in [-0.2, -0.15) is 13.2 Å². The van der Waals surface area contributed by atoms with Crippen molar-refractivity contribution in [1.82, 2.24) is 15.1 Å². The molecule has 136 valence electrons. The summed E-state index contributed by atoms with van der Waals surface area (Å²) in [5, 5.41) is 11.3. The fourth-order valence-corrected chi connectivity index (χ4v) is 2.83. The number of amides is 1. The molecule has 1 amide bonds. The molecule has 8 heteroatoms. The van der Waals surface area contributed by atoms with E-state index in [0.29, 0.717) is 19.0 Å². The number of piperidine rings is 1. The van der Waals surface area contributed by atoms with Crippen LogP contribution in [0.5, 0.6) is 0 Å². The molecule has 0 spiro atoms. The Bertz CT molecular complexity index is 369. The fraction of sp³-hybridized carbons (Fsp3) is 0.933. The maximum atomic E-state index is 12.1. The van der Waals surface area contributed by atoms with E-state index in [9.17, 15) is 23.1 Å². The van der Waals surface area contributed by atoms with E-state index >= 15 is 0 Å². The summed E-state index contributed by atoms with van der Waals surface area (Å²) in [6.07, 6.45) is -2.79. The Morgan fingerprint density at radius 1 is 1.35 bits per heavy atom. The third-order valence-electron chi connectivity index (χ3n) is 4.28. The first-order chi connectivity index (χ1) is 10.6. The normalized spacial score (nSPS) is 20.5. The van der Waals surface area contributed by atoms with Crippen molar-refractivity contribution in [3.05, 3.63) is 0 Å². The molecule has 2 N–H and O–H groups in total. The van der Waals surface area contributed by atoms with Crippen LogP contribution in [0.25, 0.3) is 0 Å². The number of carbonyl (C=O) groups is 1. The van der Waals surface area contributed by atoms with E-state index in [4.69, 9.17) is 0 Å². The summed E-state index contributed by atoms with van der Waals surface area (Å²) in [5.41, 5.74) is 0. The lowest BCUT2D eigenvalue weighted by Gasteiger charge is -2.35. The van der Waals surface area contributed by atoms with Gasteiger partial charge in [-0.15, -0.1) is 0 Å². The van der Waals surface area contributed by atoms with Crippen LogP contribution in [-0.2, 0) is 4.79 Å². The van der Waals surface area contributed by atoms with Crippen molar-refractivity contribution >= 4 is 5.91 Å². The van der Waals surface area contributed by atoms with Gasteiger partial charge in [0.2, 0.25) is 5.91 Å². The van der Waals surface area contributed by atoms with E-state index in [0.717, 1.165) is 25.9 Å². The molecule has 23 heavy (non-hydrogen) atoms. The van der Waals surface area contributed by atoms with Crippen molar-refractivity contribution in [2.45, 2.75) is 45.0 Å². The molecule has 1 saturated heterocycles. The maximum Gasteiger partial charge on any atom is 0.405 e. The molecular formula is C15H28F3N3O2. The number of β-amino-alcohol motifs (C(OH)–C–C–N with tert-alkyl or cyclic N) is 1. The Hall–Kier alpha value is -0.860. The molecule has 2 atom stereocenters. The zero-order valence-corrected chi connectivity index (χ0v) is 14.1. The van der Waals surface area contributed by atoms with Crippen LogP contribution in [-0.4, -0.2) is 78.9 Å². The Kier molecular flexibility index (Phi) is 7.76. The zero-order chi connectivity index (χ0) is 17.6. The highest BCUT2D eigenvalue weighted by atomic mass is 19.4. The second-order valence-electron chi connectivity index (χ2n) is 6.54. The van der Waals surface area contributed by atoms with Crippen LogP contribution in [0.15, 0.2) is 0 Å². The predicted molar refractivity (Wildman–Crippen MR) is 82.0 cm³/mol. The quantitative estimate of drug-likeness (QED) is 0.729. The second-order valence-corrected chi connectivity index (χ2v) is 6.54. The molecule has 1 heterocycles. The highest BCUT2D eigenvalue weighted by molar-refractivity contribution is 5.81. The summed E-state index contributed by atoms with van der Waals surface area (Å²) in [6.45, 7) is 5.25. The minimum atomic E-state index is -4.38. The van der Waals surface area contributed by atoms with Crippen molar-refractivity contribution < 1.29 is 23.1 Å². The van der Waals surface area contributed by atoms with Crippen molar-refractivity contribution in [3.8, 4) is 0 Å². The van der Waals surface area contributed by atoms with Crippen molar-refractivity contribution in [2.24, 2.45) is 5.92 Å². The number of alkyl halides is 3. The molecule has 0 bridgehead atoms. The van der Waals surface area contributed by atoms with Gasteiger partial charge in [0.15, 0.2) is 0 Å². The van der Waals surface area contributed by atoms with Crippen LogP contribution in [0.4, 0.5) is 13.2 Å². The molecule has 0 radical (unpaired) electrons. The van der Waals surface area contributed by atoms with Crippen molar-refractivity contribution in [3.63, 3.8) is 0 Å². The molecule has 0 aromatic heterocycles. The van der Waals surface area contributed by atoms with Gasteiger partial charge in [-0.1, -0.05) is 0 Å². The zero-order valence-electron chi connectivity index (χ0n) is 14.1. The number of aliphatic hydroxyl groups excluding tert-OH is 1. The molecule has 1 rings (SSSR count). The lowest BCUT2D eigenvalue weighted by Crippen LogP contribution is -2.48. The summed E-state index contributed by atoms with van der Waals surface area (Å²) < 4.78 is 36.4. The van der Waals surface area contributed by atoms with Crippen LogP contribution >= 0.6 is 0 Å². The first-order valence-electron chi connectivity index (χ1n) is 8.03. The van der Waals surface area contributed by atoms with Crippen LogP contribution in [0.3, 0.4) is 0 Å². The van der Waals surface area contributed by atoms with Crippen LogP contribution < -0.4 is 5.32 Å². The van der Waals surface area contributed by atoms with Gasteiger partial charge in [0.1, 0.15) is 6.54 Å². The highest BCUT2D eigenvalue weighted by Crippen LogP contribution is 2.19. The number of likely N-dealkylation sites (tertiary alicyclic amines) is 1. The number of nitrogens with zero attached hydrogens (tertiary/aromatic N) is 2. The molecule has 1 aliphatic rings. The number of aliphatic hydroxyl groups is 1. The number of hydrogen-bond acceptors (Lipinski definition) is 4. The first kappa shape index (κ1) is 20.2. The van der Waals surface area contributed by atoms with Gasteiger partial charge >= 0.3 is 6.18 Å². The topological polar surface area (TPSA) is 55.8 Å². The Labute approximate surface area is 135 Å². The SMILES string of the molecule is C[C@H](O)CN1CCC(CN(C)[C@@H](C)C(=O)NCC(F)(F)F)CC1. The standard InChI is InChI=1S/C15H28F3N3O2/c1-11(22)8-21-6-4-13(5-7-21)9-20(3)12(2)14(23)19-10-15(16,17)18/h11-13,22H,4-10H2,1-3H3,(H,19,23)/t11-,12-/m0/s1. The average molecular weight is 339 g/mol. The summed E-state index contributed by atoms with van der Waals surface area (Å²) in [5.74, 6) is -0.181. The molecule has 0 saturated carbocycles. The summed E-state index contributed by atoms with van der Waals surface area (Å²) >= 11 is 0. The van der Waals surface area contributed by atoms with Crippen LogP contribution in [0.1, 0.15) is 26.7 Å². The van der Waals surface area contributed by atoms with Gasteiger partial charge in [0, 0.05) is 13.1 Å². The second kappa shape index (κ2) is 8.84. The number of rotatable bonds is 7. The minimum Gasteiger partial charge on any atom is -0.392 e. The Morgan fingerprint density at radius 2 is 1.91 bits per heavy atom. The van der Waals surface area contributed by atoms with E-state index in [1.807, 2.05) is 5.32 Å². The molecule has 1 aliphatic heterocycles. The van der Waals surface area contributed by atoms with Gasteiger partial charge in [0.25, 0.3) is 0 Å². The third kappa shape index (κ3) is 7.99. The van der Waals surface area contributed by atoms with E-state index in [1.54, 1.807) is 25.8 Å². The lowest BCUT2D eigenvalue weighted by molar-refractivity contribution is -0.141. The average Bonchev–Trinajstić information content (AvgIpc) is 2.44. The molecule has 0 aromatic rings. The molecule has 0 unspecified atom stereocenters. The van der Waals surface area contributed by atoms with Gasteiger partial charge in [-0.25, -0.2) is 0 Å². The smallest absolute Gasteiger partial charge is 0.392 e. The Balaban J connectivity index is 2.32. The van der Waals surface area contributed by atoms with Crippen LogP contribution in [0, 0.1) is 5.92 Å². The summed E-state index contributed by atoms with van der Waals surface area (Å²) in [4.78, 5) is 15.8. The molecular weight excluding hydrogens is 311 g/mol. The van der Waals surface area contributed by atoms with Gasteiger partial charge in [-0.3, -0.25) is 9.69 Å².